The van der Waals surface area contributed by atoms with E-state index >= 15 is 0 Å². The fourth-order valence-electron chi connectivity index (χ4n) is 3.72. The Bertz CT molecular complexity index is 985. The first-order valence-electron chi connectivity index (χ1n) is 11.4. The first-order chi connectivity index (χ1) is 16.2. The highest BCUT2D eigenvalue weighted by molar-refractivity contribution is 6.19. The highest BCUT2D eigenvalue weighted by Crippen LogP contribution is 2.29. The fourth-order valence-corrected chi connectivity index (χ4v) is 3.72. The second-order valence-corrected chi connectivity index (χ2v) is 8.14. The molecule has 0 unspecified atom stereocenters. The Morgan fingerprint density at radius 1 is 1.35 bits per heavy atom. The molecule has 0 saturated heterocycles. The quantitative estimate of drug-likeness (QED) is 0.197. The molecule has 184 valence electrons. The second kappa shape index (κ2) is 12.5. The van der Waals surface area contributed by atoms with Crippen LogP contribution in [0.4, 0.5) is 11.4 Å². The van der Waals surface area contributed by atoms with Crippen molar-refractivity contribution in [3.8, 4) is 0 Å². The molecule has 1 aromatic carbocycles. The van der Waals surface area contributed by atoms with Crippen molar-refractivity contribution in [3.63, 3.8) is 0 Å². The smallest absolute Gasteiger partial charge is 0.261 e. The van der Waals surface area contributed by atoms with Crippen molar-refractivity contribution in [2.75, 3.05) is 43.1 Å². The largest absolute Gasteiger partial charge is 0.399 e. The van der Waals surface area contributed by atoms with Crippen molar-refractivity contribution in [1.82, 2.24) is 10.2 Å². The van der Waals surface area contributed by atoms with Gasteiger partial charge in [-0.2, -0.15) is 4.91 Å². The summed E-state index contributed by atoms with van der Waals surface area (Å²) in [4.78, 5) is 32.5. The summed E-state index contributed by atoms with van der Waals surface area (Å²) in [6, 6.07) is 7.26. The number of anilines is 2. The lowest BCUT2D eigenvalue weighted by Gasteiger charge is -2.26. The van der Waals surface area contributed by atoms with Crippen LogP contribution in [0.3, 0.4) is 0 Å². The molecule has 1 aliphatic rings. The first kappa shape index (κ1) is 26.6. The third-order valence-electron chi connectivity index (χ3n) is 5.62. The monoisotopic (exact) mass is 468 g/mol. The molecule has 0 aromatic heterocycles. The van der Waals surface area contributed by atoms with Crippen molar-refractivity contribution in [3.05, 3.63) is 64.7 Å². The minimum Gasteiger partial charge on any atom is -0.399 e. The molecule has 1 atom stereocenters. The van der Waals surface area contributed by atoms with Crippen LogP contribution in [0.5, 0.6) is 0 Å². The molecule has 0 saturated carbocycles. The number of carbonyl (C=O) groups is 1. The van der Waals surface area contributed by atoms with Gasteiger partial charge in [0.1, 0.15) is 12.4 Å². The van der Waals surface area contributed by atoms with Gasteiger partial charge >= 0.3 is 0 Å². The number of allylic oxidation sites excluding steroid dienone is 1. The Hall–Kier alpha value is -3.66. The average molecular weight is 469 g/mol. The molecule has 1 aromatic rings. The molecule has 10 nitrogen and oxygen atoms in total. The fraction of sp³-hybridized carbons (Fsp3) is 0.417. The van der Waals surface area contributed by atoms with E-state index in [-0.39, 0.29) is 24.1 Å². The minimum absolute atomic E-state index is 0.145. The minimum atomic E-state index is -0.158. The topological polar surface area (TPSA) is 133 Å². The number of hydrogen-bond acceptors (Lipinski definition) is 9. The van der Waals surface area contributed by atoms with Gasteiger partial charge in [0.25, 0.3) is 5.91 Å². The number of likely N-dealkylation sites (N-methyl/N-ethyl adjacent to an activating group) is 1. The molecule has 1 heterocycles. The van der Waals surface area contributed by atoms with Crippen LogP contribution < -0.4 is 26.8 Å². The van der Waals surface area contributed by atoms with Crippen LogP contribution in [0.2, 0.25) is 0 Å². The third kappa shape index (κ3) is 6.67. The standard InChI is InChI=1S/C24H36N8O2/c1-6-17(3)23-22(15-28-18(4)27-7-2)24(33)31(12-11-30(23)5)20-9-8-10-21(13-20)32(26)16-19(25)14-29-34/h8-10,13,15-17,27H,4,6-7,11-12,14,25-26H2,1-3,5H3/b19-16-,28-15?/t17-/m1/s1. The molecular formula is C24H36N8O2. The lowest BCUT2D eigenvalue weighted by atomic mass is 9.98. The summed E-state index contributed by atoms with van der Waals surface area (Å²) in [6.45, 7) is 11.8. The number of carbonyl (C=O) groups excluding carboxylic acids is 1. The van der Waals surface area contributed by atoms with Gasteiger partial charge in [-0.1, -0.05) is 31.7 Å². The number of nitrogens with one attached hydrogen (secondary N) is 1. The van der Waals surface area contributed by atoms with E-state index in [1.807, 2.05) is 26.1 Å². The van der Waals surface area contributed by atoms with Crippen LogP contribution in [-0.4, -0.2) is 50.2 Å². The van der Waals surface area contributed by atoms with Crippen molar-refractivity contribution >= 4 is 23.5 Å². The molecule has 0 spiro atoms. The van der Waals surface area contributed by atoms with Gasteiger partial charge in [-0.05, 0) is 37.5 Å². The summed E-state index contributed by atoms with van der Waals surface area (Å²) < 4.78 is 0. The van der Waals surface area contributed by atoms with E-state index in [1.54, 1.807) is 23.2 Å². The summed E-state index contributed by atoms with van der Waals surface area (Å²) in [5, 5.41) is 7.13. The van der Waals surface area contributed by atoms with Crippen LogP contribution in [-0.2, 0) is 4.79 Å². The molecule has 5 N–H and O–H groups in total. The normalized spacial score (nSPS) is 16.0. The Labute approximate surface area is 201 Å². The number of hydrazine groups is 1. The molecule has 34 heavy (non-hydrogen) atoms. The predicted octanol–water partition coefficient (Wildman–Crippen LogP) is 2.66. The zero-order valence-electron chi connectivity index (χ0n) is 20.5. The Morgan fingerprint density at radius 2 is 2.09 bits per heavy atom. The lowest BCUT2D eigenvalue weighted by Crippen LogP contribution is -2.35. The maximum absolute atomic E-state index is 13.8. The molecule has 1 aliphatic heterocycles. The maximum Gasteiger partial charge on any atom is 0.261 e. The van der Waals surface area contributed by atoms with Gasteiger partial charge in [-0.3, -0.25) is 9.80 Å². The maximum atomic E-state index is 13.8. The van der Waals surface area contributed by atoms with Gasteiger partial charge in [0.2, 0.25) is 0 Å². The molecule has 0 aliphatic carbocycles. The van der Waals surface area contributed by atoms with Gasteiger partial charge in [-0.15, -0.1) is 0 Å². The van der Waals surface area contributed by atoms with E-state index in [0.29, 0.717) is 42.4 Å². The molecule has 10 heteroatoms. The lowest BCUT2D eigenvalue weighted by molar-refractivity contribution is -0.114. The van der Waals surface area contributed by atoms with E-state index in [1.165, 1.54) is 11.2 Å². The zero-order valence-corrected chi connectivity index (χ0v) is 20.5. The van der Waals surface area contributed by atoms with Gasteiger partial charge in [0.05, 0.1) is 17.0 Å². The number of rotatable bonds is 11. The summed E-state index contributed by atoms with van der Waals surface area (Å²) in [7, 11) is 2.00. The van der Waals surface area contributed by atoms with Crippen molar-refractivity contribution < 1.29 is 4.79 Å². The molecule has 0 radical (unpaired) electrons. The van der Waals surface area contributed by atoms with Crippen LogP contribution in [0.15, 0.2) is 70.0 Å². The highest BCUT2D eigenvalue weighted by Gasteiger charge is 2.30. The third-order valence-corrected chi connectivity index (χ3v) is 5.62. The molecule has 2 rings (SSSR count). The summed E-state index contributed by atoms with van der Waals surface area (Å²) in [5.74, 6) is 6.63. The first-order valence-corrected chi connectivity index (χ1v) is 11.4. The van der Waals surface area contributed by atoms with Crippen LogP contribution in [0.25, 0.3) is 0 Å². The SMILES string of the molecule is C=C(N=CC1=C([C@H](C)CC)N(C)CCN(c2cccc(N(N)/C=C(\N)CN=O)c2)C1=O)NCC. The number of nitrogens with two attached hydrogens (primary N) is 2. The Morgan fingerprint density at radius 3 is 2.74 bits per heavy atom. The van der Waals surface area contributed by atoms with Crippen LogP contribution in [0, 0.1) is 10.8 Å². The summed E-state index contributed by atoms with van der Waals surface area (Å²) >= 11 is 0. The van der Waals surface area contributed by atoms with Crippen molar-refractivity contribution in [2.24, 2.45) is 27.7 Å². The molecule has 0 fully saturated rings. The van der Waals surface area contributed by atoms with E-state index < -0.39 is 0 Å². The number of amides is 1. The van der Waals surface area contributed by atoms with Gasteiger partial charge in [-0.25, -0.2) is 10.8 Å². The average Bonchev–Trinajstić information content (AvgIpc) is 2.93. The second-order valence-electron chi connectivity index (χ2n) is 8.14. The van der Waals surface area contributed by atoms with E-state index in [0.717, 1.165) is 12.1 Å². The number of nitroso groups, excluding NO2 is 1. The van der Waals surface area contributed by atoms with E-state index in [4.69, 9.17) is 11.6 Å². The van der Waals surface area contributed by atoms with Gasteiger partial charge < -0.3 is 20.9 Å². The van der Waals surface area contributed by atoms with Crippen LogP contribution >= 0.6 is 0 Å². The number of hydrogen-bond donors (Lipinski definition) is 3. The highest BCUT2D eigenvalue weighted by atomic mass is 16.3. The molecule has 1 amide bonds. The molecular weight excluding hydrogens is 432 g/mol. The summed E-state index contributed by atoms with van der Waals surface area (Å²) in [6.07, 6.45) is 3.93. The Balaban J connectivity index is 2.49. The van der Waals surface area contributed by atoms with Gasteiger partial charge in [0.15, 0.2) is 0 Å². The predicted molar refractivity (Wildman–Crippen MR) is 139 cm³/mol. The number of nitrogens with zero attached hydrogens (tertiary/aromatic N) is 5. The Kier molecular flexibility index (Phi) is 9.81. The van der Waals surface area contributed by atoms with Crippen molar-refractivity contribution in [1.29, 1.82) is 0 Å². The zero-order chi connectivity index (χ0) is 25.3. The van der Waals surface area contributed by atoms with E-state index in [9.17, 15) is 9.70 Å². The van der Waals surface area contributed by atoms with Crippen LogP contribution in [0.1, 0.15) is 27.2 Å². The van der Waals surface area contributed by atoms with E-state index in [2.05, 4.69) is 40.8 Å². The molecule has 0 bridgehead atoms. The van der Waals surface area contributed by atoms with Gasteiger partial charge in [0, 0.05) is 50.5 Å². The number of benzene rings is 1. The number of aliphatic imine (C=N–C) groups is 1. The van der Waals surface area contributed by atoms with Crippen molar-refractivity contribution in [2.45, 2.75) is 27.2 Å². The summed E-state index contributed by atoms with van der Waals surface area (Å²) in [5.41, 5.74) is 8.78.